The number of hydrogen-bond acceptors (Lipinski definition) is 6. The molecule has 1 aliphatic rings. The number of methoxy groups -OCH3 is 4. The van der Waals surface area contributed by atoms with E-state index in [4.69, 9.17) is 23.7 Å². The van der Waals surface area contributed by atoms with Crippen molar-refractivity contribution in [3.05, 3.63) is 17.7 Å². The average molecular weight is 509 g/mol. The molecule has 160 valence electrons. The van der Waals surface area contributed by atoms with Gasteiger partial charge >= 0.3 is 0 Å². The summed E-state index contributed by atoms with van der Waals surface area (Å²) in [7, 11) is 8.29. The molecule has 0 unspecified atom stereocenters. The highest BCUT2D eigenvalue weighted by molar-refractivity contribution is 14.0. The van der Waals surface area contributed by atoms with E-state index in [0.717, 1.165) is 18.4 Å². The third-order valence-corrected chi connectivity index (χ3v) is 4.82. The maximum atomic E-state index is 5.75. The first-order chi connectivity index (χ1) is 13.1. The van der Waals surface area contributed by atoms with Crippen molar-refractivity contribution >= 4 is 29.9 Å². The number of ether oxygens (including phenoxy) is 5. The minimum absolute atomic E-state index is 0. The molecule has 0 spiro atoms. The second-order valence-corrected chi connectivity index (χ2v) is 6.31. The van der Waals surface area contributed by atoms with Crippen molar-refractivity contribution in [3.63, 3.8) is 0 Å². The maximum absolute atomic E-state index is 5.75. The van der Waals surface area contributed by atoms with Crippen LogP contribution >= 0.6 is 24.0 Å². The van der Waals surface area contributed by atoms with Gasteiger partial charge in [0.2, 0.25) is 5.75 Å². The van der Waals surface area contributed by atoms with E-state index < -0.39 is 0 Å². The molecule has 1 fully saturated rings. The summed E-state index contributed by atoms with van der Waals surface area (Å²) in [5.41, 5.74) is 0.766. The van der Waals surface area contributed by atoms with Gasteiger partial charge in [0.1, 0.15) is 0 Å². The van der Waals surface area contributed by atoms with Gasteiger partial charge in [-0.05, 0) is 17.7 Å². The normalized spacial score (nSPS) is 16.0. The Balaban J connectivity index is 0.00000392. The van der Waals surface area contributed by atoms with Gasteiger partial charge in [0.25, 0.3) is 0 Å². The monoisotopic (exact) mass is 509 g/mol. The molecule has 0 saturated carbocycles. The fourth-order valence-electron chi connectivity index (χ4n) is 3.09. The highest BCUT2D eigenvalue weighted by Gasteiger charge is 2.32. The van der Waals surface area contributed by atoms with Crippen LogP contribution in [-0.4, -0.2) is 66.8 Å². The molecule has 0 bridgehead atoms. The van der Waals surface area contributed by atoms with Crippen molar-refractivity contribution in [1.82, 2.24) is 10.6 Å². The van der Waals surface area contributed by atoms with Gasteiger partial charge in [0.05, 0.1) is 26.9 Å². The standard InChI is InChI=1S/C19H31N3O5.HI/c1-20-18(22-13-19(26-5)6-8-27-9-7-19)21-12-14-10-15(23-2)17(25-4)16(11-14)24-3;/h10-11H,6-9,12-13H2,1-5H3,(H2,20,21,22);1H. The molecule has 2 N–H and O–H groups in total. The fraction of sp³-hybridized carbons (Fsp3) is 0.632. The lowest BCUT2D eigenvalue weighted by molar-refractivity contribution is -0.0855. The van der Waals surface area contributed by atoms with Gasteiger partial charge in [-0.25, -0.2) is 0 Å². The van der Waals surface area contributed by atoms with Crippen molar-refractivity contribution in [2.24, 2.45) is 4.99 Å². The van der Waals surface area contributed by atoms with Crippen molar-refractivity contribution in [2.75, 3.05) is 55.2 Å². The largest absolute Gasteiger partial charge is 0.493 e. The maximum Gasteiger partial charge on any atom is 0.203 e. The Morgan fingerprint density at radius 3 is 2.11 bits per heavy atom. The number of guanidine groups is 1. The predicted octanol–water partition coefficient (Wildman–Crippen LogP) is 2.19. The van der Waals surface area contributed by atoms with Crippen LogP contribution in [0.1, 0.15) is 18.4 Å². The summed E-state index contributed by atoms with van der Waals surface area (Å²) >= 11 is 0. The van der Waals surface area contributed by atoms with E-state index in [-0.39, 0.29) is 29.6 Å². The van der Waals surface area contributed by atoms with Crippen molar-refractivity contribution in [2.45, 2.75) is 25.0 Å². The zero-order valence-electron chi connectivity index (χ0n) is 17.3. The molecule has 0 atom stereocenters. The Bertz CT molecular complexity index is 611. The number of nitrogens with zero attached hydrogens (tertiary/aromatic N) is 1. The minimum atomic E-state index is -0.220. The molecule has 1 aromatic carbocycles. The van der Waals surface area contributed by atoms with Crippen LogP contribution < -0.4 is 24.8 Å². The second kappa shape index (κ2) is 12.2. The van der Waals surface area contributed by atoms with Crippen LogP contribution in [0, 0.1) is 0 Å². The fourth-order valence-corrected chi connectivity index (χ4v) is 3.09. The van der Waals surface area contributed by atoms with Gasteiger partial charge in [-0.3, -0.25) is 4.99 Å². The lowest BCUT2D eigenvalue weighted by Gasteiger charge is -2.36. The quantitative estimate of drug-likeness (QED) is 0.316. The Hall–Kier alpha value is -1.46. The Kier molecular flexibility index (Phi) is 10.7. The van der Waals surface area contributed by atoms with Crippen LogP contribution in [0.3, 0.4) is 0 Å². The van der Waals surface area contributed by atoms with Crippen LogP contribution in [0.5, 0.6) is 17.2 Å². The molecule has 1 aromatic rings. The number of nitrogens with one attached hydrogen (secondary N) is 2. The topological polar surface area (TPSA) is 82.6 Å². The van der Waals surface area contributed by atoms with Crippen LogP contribution in [0.2, 0.25) is 0 Å². The number of aliphatic imine (C=N–C) groups is 1. The van der Waals surface area contributed by atoms with Gasteiger partial charge in [-0.1, -0.05) is 0 Å². The number of hydrogen-bond donors (Lipinski definition) is 2. The summed E-state index contributed by atoms with van der Waals surface area (Å²) in [6.45, 7) is 2.65. The molecule has 9 heteroatoms. The molecule has 0 aromatic heterocycles. The molecular formula is C19H32IN3O5. The summed E-state index contributed by atoms with van der Waals surface area (Å²) in [6.07, 6.45) is 1.72. The molecule has 8 nitrogen and oxygen atoms in total. The average Bonchev–Trinajstić information content (AvgIpc) is 2.73. The molecule has 0 aliphatic carbocycles. The highest BCUT2D eigenvalue weighted by atomic mass is 127. The molecule has 1 aliphatic heterocycles. The van der Waals surface area contributed by atoms with E-state index in [1.165, 1.54) is 0 Å². The third-order valence-electron chi connectivity index (χ3n) is 4.82. The Labute approximate surface area is 184 Å². The van der Waals surface area contributed by atoms with Crippen LogP contribution in [0.15, 0.2) is 17.1 Å². The van der Waals surface area contributed by atoms with E-state index in [1.54, 1.807) is 35.5 Å². The molecule has 28 heavy (non-hydrogen) atoms. The first-order valence-electron chi connectivity index (χ1n) is 8.97. The second-order valence-electron chi connectivity index (χ2n) is 6.31. The van der Waals surface area contributed by atoms with E-state index in [1.807, 2.05) is 12.1 Å². The highest BCUT2D eigenvalue weighted by Crippen LogP contribution is 2.38. The SMILES string of the molecule is CN=C(NCc1cc(OC)c(OC)c(OC)c1)NCC1(OC)CCOCC1.I. The summed E-state index contributed by atoms with van der Waals surface area (Å²) < 4.78 is 27.3. The summed E-state index contributed by atoms with van der Waals surface area (Å²) in [6, 6.07) is 3.83. The van der Waals surface area contributed by atoms with E-state index >= 15 is 0 Å². The first-order valence-corrected chi connectivity index (χ1v) is 8.97. The van der Waals surface area contributed by atoms with Gasteiger partial charge < -0.3 is 34.3 Å². The first kappa shape index (κ1) is 24.6. The lowest BCUT2D eigenvalue weighted by Crippen LogP contribution is -2.50. The van der Waals surface area contributed by atoms with Crippen LogP contribution in [0.4, 0.5) is 0 Å². The van der Waals surface area contributed by atoms with E-state index in [2.05, 4.69) is 15.6 Å². The number of rotatable bonds is 8. The van der Waals surface area contributed by atoms with Gasteiger partial charge in [-0.15, -0.1) is 24.0 Å². The lowest BCUT2D eigenvalue weighted by atomic mass is 9.94. The van der Waals surface area contributed by atoms with Gasteiger partial charge in [-0.2, -0.15) is 0 Å². The smallest absolute Gasteiger partial charge is 0.203 e. The minimum Gasteiger partial charge on any atom is -0.493 e. The van der Waals surface area contributed by atoms with Crippen LogP contribution in [-0.2, 0) is 16.0 Å². The van der Waals surface area contributed by atoms with Crippen LogP contribution in [0.25, 0.3) is 0 Å². The predicted molar refractivity (Wildman–Crippen MR) is 120 cm³/mol. The van der Waals surface area contributed by atoms with E-state index in [0.29, 0.717) is 49.5 Å². The third kappa shape index (κ3) is 6.28. The zero-order chi connectivity index (χ0) is 19.7. The van der Waals surface area contributed by atoms with Crippen molar-refractivity contribution in [1.29, 1.82) is 0 Å². The molecule has 0 amide bonds. The van der Waals surface area contributed by atoms with Crippen molar-refractivity contribution < 1.29 is 23.7 Å². The van der Waals surface area contributed by atoms with Gasteiger partial charge in [0, 0.05) is 53.3 Å². The summed E-state index contributed by atoms with van der Waals surface area (Å²) in [5.74, 6) is 2.52. The molecular weight excluding hydrogens is 477 g/mol. The van der Waals surface area contributed by atoms with Crippen molar-refractivity contribution in [3.8, 4) is 17.2 Å². The summed E-state index contributed by atoms with van der Waals surface area (Å²) in [4.78, 5) is 4.29. The zero-order valence-corrected chi connectivity index (χ0v) is 19.6. The van der Waals surface area contributed by atoms with E-state index in [9.17, 15) is 0 Å². The molecule has 1 heterocycles. The molecule has 1 saturated heterocycles. The summed E-state index contributed by atoms with van der Waals surface area (Å²) in [5, 5.41) is 6.66. The molecule has 0 radical (unpaired) electrons. The number of benzene rings is 1. The number of halogens is 1. The Morgan fingerprint density at radius 1 is 1.04 bits per heavy atom. The van der Waals surface area contributed by atoms with Gasteiger partial charge in [0.15, 0.2) is 17.5 Å². The Morgan fingerprint density at radius 2 is 1.64 bits per heavy atom. The molecule has 2 rings (SSSR count).